The summed E-state index contributed by atoms with van der Waals surface area (Å²) in [5.41, 5.74) is 1.30. The number of para-hydroxylation sites is 1. The topological polar surface area (TPSA) is 133 Å². The van der Waals surface area contributed by atoms with Gasteiger partial charge in [-0.15, -0.1) is 0 Å². The molecule has 2 heterocycles. The van der Waals surface area contributed by atoms with E-state index in [1.807, 2.05) is 4.90 Å². The number of nitrogens with zero attached hydrogens (tertiary/aromatic N) is 4. The number of hydrogen-bond donors (Lipinski definition) is 1. The second-order valence-electron chi connectivity index (χ2n) is 7.86. The van der Waals surface area contributed by atoms with Crippen molar-refractivity contribution in [3.8, 4) is 6.07 Å². The van der Waals surface area contributed by atoms with E-state index in [0.717, 1.165) is 4.31 Å². The summed E-state index contributed by atoms with van der Waals surface area (Å²) in [7, 11) is -2.80. The van der Waals surface area contributed by atoms with Gasteiger partial charge in [-0.3, -0.25) is 9.52 Å². The van der Waals surface area contributed by atoms with Gasteiger partial charge >= 0.3 is 16.2 Å². The van der Waals surface area contributed by atoms with Gasteiger partial charge in [0.1, 0.15) is 11.9 Å². The summed E-state index contributed by atoms with van der Waals surface area (Å²) in [6.07, 6.45) is 0.796. The van der Waals surface area contributed by atoms with E-state index in [0.29, 0.717) is 43.1 Å². The first-order valence-electron chi connectivity index (χ1n) is 10.9. The molecule has 0 aliphatic carbocycles. The number of anilines is 2. The number of amides is 1. The standard InChI is InChI=1S/C23H27N5O5S/c1-4-33-23(30)20-14-18(15-24)21(25-16(20)2)28-12-10-17(11-13-28)22(29)27(3)34(31,32)26-19-8-6-5-7-9-19/h5-9,14,17,26H,4,10-13H2,1-3H3. The number of hydrogen-bond acceptors (Lipinski definition) is 8. The van der Waals surface area contributed by atoms with E-state index in [1.165, 1.54) is 13.1 Å². The Balaban J connectivity index is 1.69. The number of carbonyl (C=O) groups excluding carboxylic acids is 2. The molecule has 3 rings (SSSR count). The Bertz CT molecular complexity index is 1200. The van der Waals surface area contributed by atoms with Gasteiger partial charge in [-0.25, -0.2) is 14.1 Å². The smallest absolute Gasteiger partial charge is 0.340 e. The molecular weight excluding hydrogens is 458 g/mol. The molecule has 0 radical (unpaired) electrons. The molecule has 0 unspecified atom stereocenters. The maximum absolute atomic E-state index is 12.9. The summed E-state index contributed by atoms with van der Waals surface area (Å²) in [4.78, 5) is 31.4. The Labute approximate surface area is 199 Å². The minimum Gasteiger partial charge on any atom is -0.462 e. The van der Waals surface area contributed by atoms with Gasteiger partial charge in [0.15, 0.2) is 0 Å². The lowest BCUT2D eigenvalue weighted by Gasteiger charge is -2.34. The van der Waals surface area contributed by atoms with Crippen LogP contribution in [0.2, 0.25) is 0 Å². The fourth-order valence-electron chi connectivity index (χ4n) is 3.77. The number of piperidine rings is 1. The van der Waals surface area contributed by atoms with Crippen molar-refractivity contribution in [3.63, 3.8) is 0 Å². The number of esters is 1. The average molecular weight is 486 g/mol. The van der Waals surface area contributed by atoms with Gasteiger partial charge in [0.2, 0.25) is 5.91 Å². The second kappa shape index (κ2) is 10.5. The molecule has 11 heteroatoms. The predicted octanol–water partition coefficient (Wildman–Crippen LogP) is 2.47. The molecule has 1 fully saturated rings. The van der Waals surface area contributed by atoms with Crippen LogP contribution in [0.4, 0.5) is 11.5 Å². The lowest BCUT2D eigenvalue weighted by atomic mass is 9.95. The number of benzene rings is 1. The molecule has 180 valence electrons. The van der Waals surface area contributed by atoms with E-state index in [-0.39, 0.29) is 17.7 Å². The number of aryl methyl sites for hydroxylation is 1. The molecule has 0 atom stereocenters. The second-order valence-corrected chi connectivity index (χ2v) is 9.57. The highest BCUT2D eigenvalue weighted by Crippen LogP contribution is 2.28. The summed E-state index contributed by atoms with van der Waals surface area (Å²) in [5.74, 6) is -1.08. The van der Waals surface area contributed by atoms with Crippen LogP contribution in [0.3, 0.4) is 0 Å². The Morgan fingerprint density at radius 3 is 2.50 bits per heavy atom. The monoisotopic (exact) mass is 485 g/mol. The minimum atomic E-state index is -4.04. The third-order valence-corrected chi connectivity index (χ3v) is 7.04. The zero-order valence-corrected chi connectivity index (χ0v) is 20.1. The van der Waals surface area contributed by atoms with Crippen LogP contribution in [0.5, 0.6) is 0 Å². The van der Waals surface area contributed by atoms with Gasteiger partial charge in [-0.1, -0.05) is 18.2 Å². The van der Waals surface area contributed by atoms with Crippen LogP contribution in [-0.2, 0) is 19.7 Å². The van der Waals surface area contributed by atoms with Gasteiger partial charge < -0.3 is 9.64 Å². The van der Waals surface area contributed by atoms with E-state index in [1.54, 1.807) is 44.2 Å². The summed E-state index contributed by atoms with van der Waals surface area (Å²) < 4.78 is 33.4. The van der Waals surface area contributed by atoms with Crippen LogP contribution in [0.25, 0.3) is 0 Å². The highest BCUT2D eigenvalue weighted by atomic mass is 32.2. The molecule has 1 aromatic carbocycles. The molecule has 10 nitrogen and oxygen atoms in total. The minimum absolute atomic E-state index is 0.217. The molecule has 0 spiro atoms. The van der Waals surface area contributed by atoms with Gasteiger partial charge in [-0.05, 0) is 44.9 Å². The number of carbonyl (C=O) groups is 2. The first-order chi connectivity index (χ1) is 16.2. The SMILES string of the molecule is CCOC(=O)c1cc(C#N)c(N2CCC(C(=O)N(C)S(=O)(=O)Nc3ccccc3)CC2)nc1C. The van der Waals surface area contributed by atoms with E-state index < -0.39 is 28.0 Å². The Morgan fingerprint density at radius 2 is 1.91 bits per heavy atom. The van der Waals surface area contributed by atoms with Crippen LogP contribution < -0.4 is 9.62 Å². The predicted molar refractivity (Wildman–Crippen MR) is 126 cm³/mol. The van der Waals surface area contributed by atoms with E-state index >= 15 is 0 Å². The number of aromatic nitrogens is 1. The lowest BCUT2D eigenvalue weighted by Crippen LogP contribution is -2.45. The zero-order chi connectivity index (χ0) is 24.9. The van der Waals surface area contributed by atoms with Crippen LogP contribution in [-0.4, -0.2) is 56.3 Å². The fourth-order valence-corrected chi connectivity index (χ4v) is 4.73. The van der Waals surface area contributed by atoms with Crippen molar-refractivity contribution in [2.45, 2.75) is 26.7 Å². The Kier molecular flexibility index (Phi) is 7.73. The number of pyridine rings is 1. The lowest BCUT2D eigenvalue weighted by molar-refractivity contribution is -0.130. The molecule has 0 bridgehead atoms. The van der Waals surface area contributed by atoms with Crippen LogP contribution in [0.15, 0.2) is 36.4 Å². The summed E-state index contributed by atoms with van der Waals surface area (Å²) in [6.45, 7) is 4.42. The van der Waals surface area contributed by atoms with Gasteiger partial charge in [0.05, 0.1) is 29.1 Å². The quantitative estimate of drug-likeness (QED) is 0.592. The summed E-state index contributed by atoms with van der Waals surface area (Å²) in [6, 6.07) is 11.9. The van der Waals surface area contributed by atoms with Gasteiger partial charge in [-0.2, -0.15) is 13.7 Å². The number of ether oxygens (including phenoxy) is 1. The van der Waals surface area contributed by atoms with Crippen molar-refractivity contribution in [1.82, 2.24) is 9.29 Å². The highest BCUT2D eigenvalue weighted by molar-refractivity contribution is 7.90. The van der Waals surface area contributed by atoms with Crippen LogP contribution >= 0.6 is 0 Å². The maximum atomic E-state index is 12.9. The number of nitrogens with one attached hydrogen (secondary N) is 1. The van der Waals surface area contributed by atoms with Crippen molar-refractivity contribution in [2.75, 3.05) is 36.4 Å². The zero-order valence-electron chi connectivity index (χ0n) is 19.3. The number of nitriles is 1. The van der Waals surface area contributed by atoms with Crippen molar-refractivity contribution < 1.29 is 22.7 Å². The molecule has 2 aromatic rings. The molecule has 1 aromatic heterocycles. The first-order valence-corrected chi connectivity index (χ1v) is 12.3. The average Bonchev–Trinajstić information content (AvgIpc) is 2.83. The maximum Gasteiger partial charge on any atom is 0.340 e. The van der Waals surface area contributed by atoms with Crippen molar-refractivity contribution in [2.24, 2.45) is 5.92 Å². The van der Waals surface area contributed by atoms with Crippen molar-refractivity contribution in [1.29, 1.82) is 5.26 Å². The van der Waals surface area contributed by atoms with Gasteiger partial charge in [0.25, 0.3) is 0 Å². The Morgan fingerprint density at radius 1 is 1.26 bits per heavy atom. The molecule has 34 heavy (non-hydrogen) atoms. The van der Waals surface area contributed by atoms with Crippen molar-refractivity contribution >= 4 is 33.6 Å². The normalized spacial score (nSPS) is 14.2. The summed E-state index contributed by atoms with van der Waals surface area (Å²) >= 11 is 0. The molecule has 1 aliphatic rings. The van der Waals surface area contributed by atoms with E-state index in [9.17, 15) is 23.3 Å². The van der Waals surface area contributed by atoms with Crippen molar-refractivity contribution in [3.05, 3.63) is 53.2 Å². The molecule has 1 N–H and O–H groups in total. The largest absolute Gasteiger partial charge is 0.462 e. The number of rotatable bonds is 7. The Hall–Kier alpha value is -3.65. The fraction of sp³-hybridized carbons (Fsp3) is 0.391. The highest BCUT2D eigenvalue weighted by Gasteiger charge is 2.33. The first kappa shape index (κ1) is 25.0. The molecule has 0 saturated carbocycles. The van der Waals surface area contributed by atoms with Crippen LogP contribution in [0, 0.1) is 24.2 Å². The molecule has 1 saturated heterocycles. The third kappa shape index (κ3) is 5.46. The third-order valence-electron chi connectivity index (χ3n) is 5.64. The molecule has 1 amide bonds. The summed E-state index contributed by atoms with van der Waals surface area (Å²) in [5, 5.41) is 9.60. The van der Waals surface area contributed by atoms with E-state index in [4.69, 9.17) is 4.74 Å². The van der Waals surface area contributed by atoms with Gasteiger partial charge in [0, 0.05) is 26.1 Å². The molecule has 1 aliphatic heterocycles. The molecular formula is C23H27N5O5S. The van der Waals surface area contributed by atoms with Crippen LogP contribution in [0.1, 0.15) is 41.4 Å². The van der Waals surface area contributed by atoms with E-state index in [2.05, 4.69) is 15.8 Å².